The van der Waals surface area contributed by atoms with Gasteiger partial charge in [-0.2, -0.15) is 4.98 Å². The zero-order chi connectivity index (χ0) is 13.0. The summed E-state index contributed by atoms with van der Waals surface area (Å²) in [6.45, 7) is -0.194. The highest BCUT2D eigenvalue weighted by Gasteiger charge is 2.11. The van der Waals surface area contributed by atoms with Gasteiger partial charge in [-0.15, -0.1) is 0 Å². The maximum atomic E-state index is 10.2. The van der Waals surface area contributed by atoms with E-state index in [1.54, 1.807) is 12.3 Å². The van der Waals surface area contributed by atoms with Crippen LogP contribution in [0.3, 0.4) is 0 Å². The van der Waals surface area contributed by atoms with E-state index in [1.807, 2.05) is 0 Å². The van der Waals surface area contributed by atoms with Gasteiger partial charge in [0.05, 0.1) is 6.20 Å². The van der Waals surface area contributed by atoms with Gasteiger partial charge in [0, 0.05) is 0 Å². The fraction of sp³-hybridized carbons (Fsp3) is 0.250. The molecular formula is C8H8N4O5S. The fourth-order valence-corrected chi connectivity index (χ4v) is 1.50. The number of nitrogens with zero attached hydrogens (tertiary/aromatic N) is 4. The summed E-state index contributed by atoms with van der Waals surface area (Å²) < 4.78 is 41.0. The van der Waals surface area contributed by atoms with Gasteiger partial charge >= 0.3 is 0 Å². The average Bonchev–Trinajstić information content (AvgIpc) is 2.81. The molecule has 0 saturated carbocycles. The Balaban J connectivity index is 2.04. The number of hydrogen-bond donors (Lipinski definition) is 0. The van der Waals surface area contributed by atoms with Gasteiger partial charge in [0.1, 0.15) is 12.2 Å². The quantitative estimate of drug-likeness (QED) is 0.381. The van der Waals surface area contributed by atoms with Crippen LogP contribution in [0.1, 0.15) is 0 Å². The Hall–Kier alpha value is -1.91. The first-order valence-electron chi connectivity index (χ1n) is 4.78. The molecule has 2 rings (SSSR count). The first-order valence-corrected chi connectivity index (χ1v) is 6.11. The first-order chi connectivity index (χ1) is 8.54. The van der Waals surface area contributed by atoms with Crippen molar-refractivity contribution in [1.29, 1.82) is 0 Å². The van der Waals surface area contributed by atoms with E-state index < -0.39 is 10.4 Å². The van der Waals surface area contributed by atoms with Crippen LogP contribution in [0, 0.1) is 0 Å². The maximum absolute atomic E-state index is 10.2. The minimum atomic E-state index is -4.68. The van der Waals surface area contributed by atoms with Gasteiger partial charge in [-0.25, -0.2) is 8.42 Å². The van der Waals surface area contributed by atoms with Crippen LogP contribution in [0.2, 0.25) is 0 Å². The second-order valence-corrected chi connectivity index (χ2v) is 4.21. The average molecular weight is 272 g/mol. The molecule has 2 aromatic rings. The second kappa shape index (κ2) is 5.16. The highest BCUT2D eigenvalue weighted by molar-refractivity contribution is 7.80. The third kappa shape index (κ3) is 3.55. The van der Waals surface area contributed by atoms with Gasteiger partial charge in [-0.05, 0) is 11.2 Å². The van der Waals surface area contributed by atoms with Crippen molar-refractivity contribution in [2.75, 3.05) is 6.61 Å². The molecule has 0 aliphatic heterocycles. The molecule has 0 N–H and O–H groups in total. The molecule has 9 nitrogen and oxygen atoms in total. The molecule has 2 heterocycles. The normalized spacial score (nSPS) is 11.6. The van der Waals surface area contributed by atoms with Crippen LogP contribution in [-0.2, 0) is 21.1 Å². The van der Waals surface area contributed by atoms with E-state index >= 15 is 0 Å². The summed E-state index contributed by atoms with van der Waals surface area (Å²) in [5.74, 6) is 0.309. The Morgan fingerprint density at radius 1 is 1.50 bits per heavy atom. The third-order valence-corrected chi connectivity index (χ3v) is 2.37. The lowest BCUT2D eigenvalue weighted by molar-refractivity contribution is -0.753. The van der Waals surface area contributed by atoms with Gasteiger partial charge in [-0.3, -0.25) is 4.18 Å². The van der Waals surface area contributed by atoms with Crippen molar-refractivity contribution >= 4 is 10.4 Å². The fourth-order valence-electron chi connectivity index (χ4n) is 1.22. The lowest BCUT2D eigenvalue weighted by Crippen LogP contribution is -2.39. The van der Waals surface area contributed by atoms with Gasteiger partial charge in [0.2, 0.25) is 16.6 Å². The lowest BCUT2D eigenvalue weighted by Gasteiger charge is -2.04. The molecule has 0 atom stereocenters. The molecule has 0 aliphatic carbocycles. The first kappa shape index (κ1) is 12.5. The molecule has 96 valence electrons. The summed E-state index contributed by atoms with van der Waals surface area (Å²) in [5, 5.41) is 7.38. The highest BCUT2D eigenvalue weighted by atomic mass is 32.3. The predicted molar refractivity (Wildman–Crippen MR) is 53.4 cm³/mol. The van der Waals surface area contributed by atoms with Crippen LogP contribution in [0.25, 0.3) is 11.5 Å². The molecule has 0 spiro atoms. The van der Waals surface area contributed by atoms with Gasteiger partial charge < -0.3 is 9.08 Å². The Morgan fingerprint density at radius 3 is 3.00 bits per heavy atom. The van der Waals surface area contributed by atoms with Crippen LogP contribution >= 0.6 is 0 Å². The largest absolute Gasteiger partial charge is 0.726 e. The molecule has 2 aromatic heterocycles. The molecule has 0 bridgehead atoms. The summed E-state index contributed by atoms with van der Waals surface area (Å²) in [7, 11) is -4.68. The molecular weight excluding hydrogens is 264 g/mol. The van der Waals surface area contributed by atoms with Crippen LogP contribution in [-0.4, -0.2) is 34.8 Å². The molecule has 10 heteroatoms. The minimum Gasteiger partial charge on any atom is -0.726 e. The number of hydrogen-bond acceptors (Lipinski definition) is 8. The monoisotopic (exact) mass is 272 g/mol. The Morgan fingerprint density at radius 2 is 2.33 bits per heavy atom. The highest BCUT2D eigenvalue weighted by Crippen LogP contribution is 2.11. The van der Waals surface area contributed by atoms with E-state index in [2.05, 4.69) is 19.4 Å². The van der Waals surface area contributed by atoms with Crippen LogP contribution in [0.15, 0.2) is 29.3 Å². The zero-order valence-electron chi connectivity index (χ0n) is 8.96. The van der Waals surface area contributed by atoms with Crippen LogP contribution in [0.4, 0.5) is 0 Å². The summed E-state index contributed by atoms with van der Waals surface area (Å²) in [4.78, 5) is 3.85. The van der Waals surface area contributed by atoms with Crippen molar-refractivity contribution in [2.24, 2.45) is 0 Å². The molecule has 0 fully saturated rings. The molecule has 0 aromatic carbocycles. The van der Waals surface area contributed by atoms with Crippen molar-refractivity contribution < 1.29 is 26.4 Å². The number of aromatic nitrogens is 4. The summed E-state index contributed by atoms with van der Waals surface area (Å²) in [6.07, 6.45) is 4.30. The molecule has 18 heavy (non-hydrogen) atoms. The van der Waals surface area contributed by atoms with Gasteiger partial charge in [0.25, 0.3) is 5.89 Å². The predicted octanol–water partition coefficient (Wildman–Crippen LogP) is -1.10. The Labute approximate surface area is 102 Å². The van der Waals surface area contributed by atoms with E-state index in [0.29, 0.717) is 11.5 Å². The van der Waals surface area contributed by atoms with Crippen molar-refractivity contribution in [3.63, 3.8) is 0 Å². The maximum Gasteiger partial charge on any atom is 0.263 e. The van der Waals surface area contributed by atoms with Gasteiger partial charge in [0.15, 0.2) is 12.9 Å². The van der Waals surface area contributed by atoms with Crippen molar-refractivity contribution in [3.05, 3.63) is 24.8 Å². The van der Waals surface area contributed by atoms with Crippen molar-refractivity contribution in [2.45, 2.75) is 6.54 Å². The topological polar surface area (TPSA) is 122 Å². The van der Waals surface area contributed by atoms with E-state index in [9.17, 15) is 13.0 Å². The minimum absolute atomic E-state index is 0.101. The van der Waals surface area contributed by atoms with Gasteiger partial charge in [-0.1, -0.05) is 9.84 Å². The molecule has 0 unspecified atom stereocenters. The molecule has 0 amide bonds. The Bertz CT molecular complexity index is 612. The lowest BCUT2D eigenvalue weighted by atomic mass is 10.3. The summed E-state index contributed by atoms with van der Waals surface area (Å²) in [5.41, 5.74) is 0.618. The smallest absolute Gasteiger partial charge is 0.263 e. The van der Waals surface area contributed by atoms with Crippen LogP contribution in [0.5, 0.6) is 0 Å². The van der Waals surface area contributed by atoms with E-state index in [1.165, 1.54) is 17.2 Å². The van der Waals surface area contributed by atoms with E-state index in [4.69, 9.17) is 4.52 Å². The van der Waals surface area contributed by atoms with Crippen molar-refractivity contribution in [1.82, 2.24) is 15.2 Å². The standard InChI is InChI=1S/C8H8N4O5S/c13-18(14,15)16-4-3-12-5-7(1-2-10-12)8-9-6-11-17-8/h1-2,5-6H,3-4H2. The number of rotatable bonds is 5. The third-order valence-electron chi connectivity index (χ3n) is 1.91. The summed E-state index contributed by atoms with van der Waals surface area (Å²) >= 11 is 0. The zero-order valence-corrected chi connectivity index (χ0v) is 9.78. The van der Waals surface area contributed by atoms with E-state index in [-0.39, 0.29) is 13.2 Å². The Kier molecular flexibility index (Phi) is 3.60. The molecule has 0 aliphatic rings. The SMILES string of the molecule is O=S(=O)([O-])OCC[n+]1cc(-c2ncno2)ccn1. The van der Waals surface area contributed by atoms with E-state index in [0.717, 1.165) is 0 Å². The summed E-state index contributed by atoms with van der Waals surface area (Å²) in [6, 6.07) is 1.65. The molecule has 0 saturated heterocycles. The van der Waals surface area contributed by atoms with Crippen molar-refractivity contribution in [3.8, 4) is 11.5 Å². The second-order valence-electron chi connectivity index (χ2n) is 3.16. The molecule has 0 radical (unpaired) electrons. The van der Waals surface area contributed by atoms with Crippen LogP contribution < -0.4 is 4.68 Å².